The zero-order chi connectivity index (χ0) is 13.6. The van der Waals surface area contributed by atoms with Crippen LogP contribution in [0.15, 0.2) is 24.3 Å². The summed E-state index contributed by atoms with van der Waals surface area (Å²) in [6, 6.07) is 9.57. The average molecular weight is 248 g/mol. The first-order valence-electron chi connectivity index (χ1n) is 5.99. The van der Waals surface area contributed by atoms with E-state index in [1.807, 2.05) is 32.0 Å². The standard InChI is InChI=1S/C14H20N2O2/c1-11(8-14(2,10-15)16-3)18-13-6-4-5-12(7-13)9-17/h4-7,11,16-17H,8-9H2,1-3H3. The lowest BCUT2D eigenvalue weighted by atomic mass is 9.97. The molecule has 0 heterocycles. The van der Waals surface area contributed by atoms with Crippen LogP contribution >= 0.6 is 0 Å². The van der Waals surface area contributed by atoms with Crippen molar-refractivity contribution in [1.29, 1.82) is 5.26 Å². The summed E-state index contributed by atoms with van der Waals surface area (Å²) in [5.74, 6) is 0.713. The molecule has 0 saturated carbocycles. The van der Waals surface area contributed by atoms with Gasteiger partial charge in [0.25, 0.3) is 0 Å². The van der Waals surface area contributed by atoms with Crippen molar-refractivity contribution in [2.75, 3.05) is 7.05 Å². The van der Waals surface area contributed by atoms with E-state index in [-0.39, 0.29) is 12.7 Å². The minimum Gasteiger partial charge on any atom is -0.491 e. The van der Waals surface area contributed by atoms with Gasteiger partial charge in [-0.25, -0.2) is 0 Å². The first-order valence-corrected chi connectivity index (χ1v) is 5.99. The Hall–Kier alpha value is -1.57. The Kier molecular flexibility index (Phi) is 5.14. The third-order valence-electron chi connectivity index (χ3n) is 2.91. The zero-order valence-corrected chi connectivity index (χ0v) is 11.1. The van der Waals surface area contributed by atoms with Gasteiger partial charge in [-0.2, -0.15) is 5.26 Å². The SMILES string of the molecule is CNC(C)(C#N)CC(C)Oc1cccc(CO)c1. The molecule has 1 aromatic rings. The lowest BCUT2D eigenvalue weighted by molar-refractivity contribution is 0.182. The lowest BCUT2D eigenvalue weighted by Crippen LogP contribution is -2.41. The van der Waals surface area contributed by atoms with Gasteiger partial charge in [0, 0.05) is 6.42 Å². The number of ether oxygens (including phenoxy) is 1. The Balaban J connectivity index is 2.64. The second-order valence-electron chi connectivity index (χ2n) is 4.63. The molecule has 2 N–H and O–H groups in total. The Morgan fingerprint density at radius 3 is 2.83 bits per heavy atom. The molecule has 0 aromatic heterocycles. The van der Waals surface area contributed by atoms with Crippen molar-refractivity contribution >= 4 is 0 Å². The molecule has 2 atom stereocenters. The molecule has 2 unspecified atom stereocenters. The van der Waals surface area contributed by atoms with Gasteiger partial charge in [0.05, 0.1) is 18.8 Å². The van der Waals surface area contributed by atoms with E-state index >= 15 is 0 Å². The number of nitrogens with zero attached hydrogens (tertiary/aromatic N) is 1. The predicted molar refractivity (Wildman–Crippen MR) is 70.1 cm³/mol. The van der Waals surface area contributed by atoms with E-state index in [2.05, 4.69) is 11.4 Å². The molecule has 1 aromatic carbocycles. The Labute approximate surface area is 108 Å². The van der Waals surface area contributed by atoms with Gasteiger partial charge in [0.15, 0.2) is 0 Å². The third kappa shape index (κ3) is 4.02. The van der Waals surface area contributed by atoms with Crippen molar-refractivity contribution in [2.45, 2.75) is 38.5 Å². The highest BCUT2D eigenvalue weighted by Gasteiger charge is 2.25. The Morgan fingerprint density at radius 1 is 1.56 bits per heavy atom. The van der Waals surface area contributed by atoms with Crippen LogP contribution in [0.5, 0.6) is 5.75 Å². The lowest BCUT2D eigenvalue weighted by Gasteiger charge is -2.25. The van der Waals surface area contributed by atoms with E-state index in [1.165, 1.54) is 0 Å². The summed E-state index contributed by atoms with van der Waals surface area (Å²) in [5.41, 5.74) is 0.227. The van der Waals surface area contributed by atoms with Crippen molar-refractivity contribution in [1.82, 2.24) is 5.32 Å². The van der Waals surface area contributed by atoms with Gasteiger partial charge in [-0.1, -0.05) is 12.1 Å². The van der Waals surface area contributed by atoms with Crippen molar-refractivity contribution in [3.05, 3.63) is 29.8 Å². The molecular weight excluding hydrogens is 228 g/mol. The van der Waals surface area contributed by atoms with E-state index in [1.54, 1.807) is 13.1 Å². The maximum Gasteiger partial charge on any atom is 0.120 e. The number of hydrogen-bond donors (Lipinski definition) is 2. The van der Waals surface area contributed by atoms with Crippen LogP contribution in [0.2, 0.25) is 0 Å². The average Bonchev–Trinajstić information content (AvgIpc) is 2.38. The van der Waals surface area contributed by atoms with Gasteiger partial charge in [0.1, 0.15) is 11.3 Å². The Morgan fingerprint density at radius 2 is 2.28 bits per heavy atom. The van der Waals surface area contributed by atoms with Gasteiger partial charge >= 0.3 is 0 Å². The molecule has 1 rings (SSSR count). The monoisotopic (exact) mass is 248 g/mol. The number of benzene rings is 1. The summed E-state index contributed by atoms with van der Waals surface area (Å²) in [4.78, 5) is 0. The minimum absolute atomic E-state index is 0.00198. The number of nitrogens with one attached hydrogen (secondary N) is 1. The van der Waals surface area contributed by atoms with Gasteiger partial charge in [-0.15, -0.1) is 0 Å². The van der Waals surface area contributed by atoms with Crippen LogP contribution in [0.4, 0.5) is 0 Å². The summed E-state index contributed by atoms with van der Waals surface area (Å²) in [6.45, 7) is 3.77. The molecule has 0 saturated heterocycles. The minimum atomic E-state index is -0.589. The molecular formula is C14H20N2O2. The van der Waals surface area contributed by atoms with Gasteiger partial charge < -0.3 is 15.2 Å². The summed E-state index contributed by atoms with van der Waals surface area (Å²) in [5, 5.41) is 21.1. The molecule has 0 spiro atoms. The molecule has 0 fully saturated rings. The number of nitriles is 1. The highest BCUT2D eigenvalue weighted by molar-refractivity contribution is 5.28. The third-order valence-corrected chi connectivity index (χ3v) is 2.91. The van der Waals surface area contributed by atoms with Crippen LogP contribution in [0.1, 0.15) is 25.8 Å². The van der Waals surface area contributed by atoms with Gasteiger partial charge in [-0.05, 0) is 38.6 Å². The molecule has 0 radical (unpaired) electrons. The largest absolute Gasteiger partial charge is 0.491 e. The molecule has 0 bridgehead atoms. The van der Waals surface area contributed by atoms with Crippen molar-refractivity contribution < 1.29 is 9.84 Å². The maximum atomic E-state index is 9.08. The van der Waals surface area contributed by atoms with Crippen molar-refractivity contribution in [3.63, 3.8) is 0 Å². The summed E-state index contributed by atoms with van der Waals surface area (Å²) in [6.07, 6.45) is 0.500. The van der Waals surface area contributed by atoms with E-state index < -0.39 is 5.54 Å². The fourth-order valence-corrected chi connectivity index (χ4v) is 1.77. The van der Waals surface area contributed by atoms with E-state index in [0.717, 1.165) is 5.56 Å². The first kappa shape index (κ1) is 14.5. The number of aliphatic hydroxyl groups excluding tert-OH is 1. The topological polar surface area (TPSA) is 65.3 Å². The first-order chi connectivity index (χ1) is 8.53. The van der Waals surface area contributed by atoms with Crippen LogP contribution < -0.4 is 10.1 Å². The highest BCUT2D eigenvalue weighted by atomic mass is 16.5. The zero-order valence-electron chi connectivity index (χ0n) is 11.1. The van der Waals surface area contributed by atoms with Crippen LogP contribution in [0.3, 0.4) is 0 Å². The van der Waals surface area contributed by atoms with Crippen LogP contribution in [0.25, 0.3) is 0 Å². The molecule has 0 aliphatic heterocycles. The fourth-order valence-electron chi connectivity index (χ4n) is 1.77. The smallest absolute Gasteiger partial charge is 0.120 e. The fraction of sp³-hybridized carbons (Fsp3) is 0.500. The van der Waals surface area contributed by atoms with Gasteiger partial charge in [-0.3, -0.25) is 0 Å². The molecule has 0 aliphatic carbocycles. The van der Waals surface area contributed by atoms with Gasteiger partial charge in [0.2, 0.25) is 0 Å². The second kappa shape index (κ2) is 6.39. The van der Waals surface area contributed by atoms with Crippen LogP contribution in [-0.2, 0) is 6.61 Å². The van der Waals surface area contributed by atoms with E-state index in [9.17, 15) is 0 Å². The highest BCUT2D eigenvalue weighted by Crippen LogP contribution is 2.19. The van der Waals surface area contributed by atoms with Crippen LogP contribution in [-0.4, -0.2) is 23.8 Å². The summed E-state index contributed by atoms with van der Waals surface area (Å²) < 4.78 is 5.75. The molecule has 18 heavy (non-hydrogen) atoms. The molecule has 98 valence electrons. The Bertz CT molecular complexity index is 428. The predicted octanol–water partition coefficient (Wildman–Crippen LogP) is 1.84. The molecule has 0 amide bonds. The normalized spacial score (nSPS) is 15.5. The van der Waals surface area contributed by atoms with E-state index in [4.69, 9.17) is 15.1 Å². The number of rotatable bonds is 6. The summed E-state index contributed by atoms with van der Waals surface area (Å²) in [7, 11) is 1.77. The maximum absolute atomic E-state index is 9.08. The van der Waals surface area contributed by atoms with Crippen molar-refractivity contribution in [2.24, 2.45) is 0 Å². The summed E-state index contributed by atoms with van der Waals surface area (Å²) >= 11 is 0. The van der Waals surface area contributed by atoms with Crippen molar-refractivity contribution in [3.8, 4) is 11.8 Å². The molecule has 4 heteroatoms. The number of aliphatic hydroxyl groups is 1. The second-order valence-corrected chi connectivity index (χ2v) is 4.63. The number of hydrogen-bond acceptors (Lipinski definition) is 4. The molecule has 4 nitrogen and oxygen atoms in total. The van der Waals surface area contributed by atoms with Crippen LogP contribution in [0, 0.1) is 11.3 Å². The quantitative estimate of drug-likeness (QED) is 0.806. The van der Waals surface area contributed by atoms with E-state index in [0.29, 0.717) is 12.2 Å². The molecule has 0 aliphatic rings.